The van der Waals surface area contributed by atoms with Crippen molar-refractivity contribution in [2.75, 3.05) is 6.61 Å². The maximum atomic E-state index is 12.6. The molecule has 0 aliphatic heterocycles. The van der Waals surface area contributed by atoms with Crippen molar-refractivity contribution in [1.82, 2.24) is 0 Å². The smallest absolute Gasteiger partial charge is 0.410 e. The monoisotopic (exact) mass is 274 g/mol. The van der Waals surface area contributed by atoms with Gasteiger partial charge in [0.05, 0.1) is 6.61 Å². The van der Waals surface area contributed by atoms with Crippen molar-refractivity contribution >= 4 is 29.2 Å². The average molecular weight is 275 g/mol. The number of halogens is 7. The zero-order valence-corrected chi connectivity index (χ0v) is 8.68. The Bertz CT molecular complexity index is 250. The lowest BCUT2D eigenvalue weighted by atomic mass is 10.2. The third-order valence-corrected chi connectivity index (χ3v) is 1.76. The van der Waals surface area contributed by atoms with Crippen LogP contribution in [0.15, 0.2) is 0 Å². The molecule has 90 valence electrons. The maximum Gasteiger partial charge on any atom is 0.410 e. The maximum absolute atomic E-state index is 12.6. The van der Waals surface area contributed by atoms with Gasteiger partial charge < -0.3 is 4.74 Å². The van der Waals surface area contributed by atoms with E-state index in [-0.39, 0.29) is 0 Å². The number of esters is 1. The molecule has 0 bridgehead atoms. The highest BCUT2D eigenvalue weighted by Gasteiger charge is 2.74. The van der Waals surface area contributed by atoms with Crippen molar-refractivity contribution in [3.8, 4) is 0 Å². The molecule has 0 saturated heterocycles. The molecule has 0 atom stereocenters. The number of hydrogen-bond donors (Lipinski definition) is 0. The number of hydrogen-bond acceptors (Lipinski definition) is 2. The first kappa shape index (κ1) is 14.7. The van der Waals surface area contributed by atoms with Gasteiger partial charge in [0.1, 0.15) is 0 Å². The van der Waals surface area contributed by atoms with Gasteiger partial charge in [0.25, 0.3) is 0 Å². The van der Waals surface area contributed by atoms with Gasteiger partial charge in [-0.1, -0.05) is 23.2 Å². The molecule has 15 heavy (non-hydrogen) atoms. The highest BCUT2D eigenvalue weighted by molar-refractivity contribution is 6.48. The van der Waals surface area contributed by atoms with Crippen LogP contribution in [0.2, 0.25) is 0 Å². The van der Waals surface area contributed by atoms with Crippen LogP contribution in [0.3, 0.4) is 0 Å². The molecule has 0 aromatic carbocycles. The minimum absolute atomic E-state index is 0.575. The molecule has 0 spiro atoms. The molecule has 0 fully saturated rings. The van der Waals surface area contributed by atoms with Crippen molar-refractivity contribution in [1.29, 1.82) is 0 Å². The number of alkyl halides is 7. The SMILES string of the molecule is CCOC(=O)C(F)(F)C(F)(F)C(F)(Cl)Cl. The molecule has 0 aromatic rings. The first-order valence-electron chi connectivity index (χ1n) is 3.48. The zero-order valence-electron chi connectivity index (χ0n) is 7.17. The minimum Gasteiger partial charge on any atom is -0.461 e. The minimum atomic E-state index is -5.59. The molecular weight excluding hydrogens is 270 g/mol. The summed E-state index contributed by atoms with van der Waals surface area (Å²) in [6, 6.07) is 0. The van der Waals surface area contributed by atoms with Crippen LogP contribution in [0.5, 0.6) is 0 Å². The fourth-order valence-corrected chi connectivity index (χ4v) is 0.765. The standard InChI is InChI=1S/C6H5Cl2F5O2/c1-2-15-3(14)4(9,10)5(11,12)6(7,8)13/h2H2,1H3. The Morgan fingerprint density at radius 1 is 1.20 bits per heavy atom. The van der Waals surface area contributed by atoms with Gasteiger partial charge in [-0.2, -0.15) is 17.6 Å². The van der Waals surface area contributed by atoms with Crippen LogP contribution in [0, 0.1) is 0 Å². The number of carbonyl (C=O) groups excluding carboxylic acids is 1. The van der Waals surface area contributed by atoms with Crippen LogP contribution in [-0.2, 0) is 9.53 Å². The van der Waals surface area contributed by atoms with Crippen LogP contribution >= 0.6 is 23.2 Å². The van der Waals surface area contributed by atoms with E-state index in [0.29, 0.717) is 0 Å². The second-order valence-corrected chi connectivity index (χ2v) is 3.60. The predicted molar refractivity (Wildman–Crippen MR) is 42.1 cm³/mol. The molecule has 0 radical (unpaired) electrons. The van der Waals surface area contributed by atoms with E-state index in [1.807, 2.05) is 0 Å². The summed E-state index contributed by atoms with van der Waals surface area (Å²) in [5, 5.41) is 0. The Labute approximate surface area is 91.3 Å². The summed E-state index contributed by atoms with van der Waals surface area (Å²) in [6.45, 7) is 0.532. The Hall–Kier alpha value is -0.300. The fourth-order valence-electron chi connectivity index (χ4n) is 0.528. The summed E-state index contributed by atoms with van der Waals surface area (Å²) < 4.78 is 61.9. The van der Waals surface area contributed by atoms with Crippen molar-refractivity contribution in [3.05, 3.63) is 0 Å². The topological polar surface area (TPSA) is 26.3 Å². The lowest BCUT2D eigenvalue weighted by Gasteiger charge is -2.28. The summed E-state index contributed by atoms with van der Waals surface area (Å²) >= 11 is 8.43. The molecule has 0 amide bonds. The summed E-state index contributed by atoms with van der Waals surface area (Å²) in [5.74, 6) is -13.6. The molecule has 0 saturated carbocycles. The van der Waals surface area contributed by atoms with Crippen molar-refractivity contribution in [3.63, 3.8) is 0 Å². The quantitative estimate of drug-likeness (QED) is 0.448. The van der Waals surface area contributed by atoms with E-state index in [0.717, 1.165) is 6.92 Å². The molecule has 0 N–H and O–H groups in total. The zero-order chi connectivity index (χ0) is 12.5. The fraction of sp³-hybridized carbons (Fsp3) is 0.833. The molecule has 0 heterocycles. The van der Waals surface area contributed by atoms with E-state index < -0.39 is 29.0 Å². The van der Waals surface area contributed by atoms with Crippen molar-refractivity contribution in [2.24, 2.45) is 0 Å². The van der Waals surface area contributed by atoms with Gasteiger partial charge in [-0.3, -0.25) is 0 Å². The van der Waals surface area contributed by atoms with Gasteiger partial charge in [-0.25, -0.2) is 9.18 Å². The first-order chi connectivity index (χ1) is 6.48. The van der Waals surface area contributed by atoms with Crippen LogP contribution in [-0.4, -0.2) is 29.0 Å². The van der Waals surface area contributed by atoms with E-state index in [2.05, 4.69) is 27.9 Å². The van der Waals surface area contributed by atoms with Gasteiger partial charge in [-0.15, -0.1) is 0 Å². The van der Waals surface area contributed by atoms with Gasteiger partial charge >= 0.3 is 22.4 Å². The molecule has 0 aromatic heterocycles. The van der Waals surface area contributed by atoms with E-state index in [4.69, 9.17) is 0 Å². The van der Waals surface area contributed by atoms with E-state index in [1.165, 1.54) is 0 Å². The predicted octanol–water partition coefficient (Wildman–Crippen LogP) is 2.92. The van der Waals surface area contributed by atoms with Crippen LogP contribution in [0.4, 0.5) is 22.0 Å². The Morgan fingerprint density at radius 2 is 1.60 bits per heavy atom. The van der Waals surface area contributed by atoms with E-state index in [1.54, 1.807) is 0 Å². The second-order valence-electron chi connectivity index (χ2n) is 2.37. The van der Waals surface area contributed by atoms with Crippen molar-refractivity contribution in [2.45, 2.75) is 23.4 Å². The van der Waals surface area contributed by atoms with Crippen LogP contribution < -0.4 is 0 Å². The Morgan fingerprint density at radius 3 is 1.87 bits per heavy atom. The van der Waals surface area contributed by atoms with Crippen molar-refractivity contribution < 1.29 is 31.5 Å². The average Bonchev–Trinajstić information content (AvgIpc) is 2.02. The molecule has 0 aliphatic carbocycles. The third kappa shape index (κ3) is 2.63. The second kappa shape index (κ2) is 4.29. The lowest BCUT2D eigenvalue weighted by molar-refractivity contribution is -0.243. The Balaban J connectivity index is 5.10. The summed E-state index contributed by atoms with van der Waals surface area (Å²) in [6.07, 6.45) is 0. The summed E-state index contributed by atoms with van der Waals surface area (Å²) in [5.41, 5.74) is 0. The van der Waals surface area contributed by atoms with Gasteiger partial charge in [0.2, 0.25) is 0 Å². The molecule has 0 rings (SSSR count). The van der Waals surface area contributed by atoms with Gasteiger partial charge in [-0.05, 0) is 6.92 Å². The molecular formula is C6H5Cl2F5O2. The lowest BCUT2D eigenvalue weighted by Crippen LogP contribution is -2.55. The van der Waals surface area contributed by atoms with E-state index >= 15 is 0 Å². The summed E-state index contributed by atoms with van der Waals surface area (Å²) in [7, 11) is 0. The van der Waals surface area contributed by atoms with Crippen LogP contribution in [0.1, 0.15) is 6.92 Å². The van der Waals surface area contributed by atoms with Gasteiger partial charge in [0.15, 0.2) is 0 Å². The molecule has 2 nitrogen and oxygen atoms in total. The highest BCUT2D eigenvalue weighted by Crippen LogP contribution is 2.49. The third-order valence-electron chi connectivity index (χ3n) is 1.28. The number of ether oxygens (including phenoxy) is 1. The molecule has 9 heteroatoms. The molecule has 0 unspecified atom stereocenters. The van der Waals surface area contributed by atoms with Crippen LogP contribution in [0.25, 0.3) is 0 Å². The normalized spacial score (nSPS) is 13.9. The number of rotatable bonds is 4. The molecule has 0 aliphatic rings. The number of carbonyl (C=O) groups is 1. The van der Waals surface area contributed by atoms with Gasteiger partial charge in [0, 0.05) is 0 Å². The first-order valence-corrected chi connectivity index (χ1v) is 4.23. The summed E-state index contributed by atoms with van der Waals surface area (Å²) in [4.78, 5) is 10.4. The van der Waals surface area contributed by atoms with E-state index in [9.17, 15) is 26.7 Å². The Kier molecular flexibility index (Phi) is 4.20. The highest BCUT2D eigenvalue weighted by atomic mass is 35.5. The largest absolute Gasteiger partial charge is 0.461 e.